The fourth-order valence-corrected chi connectivity index (χ4v) is 1.18. The third-order valence-electron chi connectivity index (χ3n) is 2.03. The van der Waals surface area contributed by atoms with Crippen LogP contribution < -0.4 is 0 Å². The Hall–Kier alpha value is -0.710. The predicted octanol–water partition coefficient (Wildman–Crippen LogP) is 0.845. The Balaban J connectivity index is 2.57. The Bertz CT molecular complexity index is 186. The van der Waals surface area contributed by atoms with E-state index in [1.54, 1.807) is 14.0 Å². The molecule has 0 aromatic heterocycles. The second-order valence-corrected chi connectivity index (χ2v) is 2.84. The van der Waals surface area contributed by atoms with Crippen molar-refractivity contribution >= 4 is 5.97 Å². The summed E-state index contributed by atoms with van der Waals surface area (Å²) in [5, 5.41) is 0. The number of likely N-dealkylation sites (N-methyl/N-ethyl adjacent to an activating group) is 1. The molecule has 0 radical (unpaired) electrons. The molecule has 0 aromatic rings. The number of rotatable bonds is 2. The van der Waals surface area contributed by atoms with Crippen molar-refractivity contribution in [1.29, 1.82) is 0 Å². The highest BCUT2D eigenvalue weighted by Crippen LogP contribution is 2.20. The number of hydrogen-bond acceptors (Lipinski definition) is 3. The summed E-state index contributed by atoms with van der Waals surface area (Å²) in [5.74, 6) is -0.551. The first-order chi connectivity index (χ1) is 5.52. The summed E-state index contributed by atoms with van der Waals surface area (Å²) in [7, 11) is 1.60. The number of ether oxygens (including phenoxy) is 1. The largest absolute Gasteiger partial charge is 0.445 e. The summed E-state index contributed by atoms with van der Waals surface area (Å²) in [5.41, 5.74) is 0. The van der Waals surface area contributed by atoms with Crippen LogP contribution in [0.15, 0.2) is 0 Å². The molecule has 0 aliphatic carbocycles. The number of alkyl halides is 2. The molecule has 2 atom stereocenters. The predicted molar refractivity (Wildman–Crippen MR) is 37.7 cm³/mol. The van der Waals surface area contributed by atoms with Crippen LogP contribution in [-0.2, 0) is 9.53 Å². The van der Waals surface area contributed by atoms with E-state index in [9.17, 15) is 13.6 Å². The molecule has 0 spiro atoms. The Morgan fingerprint density at radius 3 is 2.58 bits per heavy atom. The highest BCUT2D eigenvalue weighted by Gasteiger charge is 2.38. The summed E-state index contributed by atoms with van der Waals surface area (Å²) in [6.07, 6.45) is -3.30. The van der Waals surface area contributed by atoms with Crippen molar-refractivity contribution in [2.45, 2.75) is 32.0 Å². The summed E-state index contributed by atoms with van der Waals surface area (Å²) in [6, 6.07) is -0.778. The van der Waals surface area contributed by atoms with E-state index >= 15 is 0 Å². The van der Waals surface area contributed by atoms with Gasteiger partial charge < -0.3 is 4.74 Å². The number of carbonyl (C=O) groups excluding carboxylic acids is 1. The van der Waals surface area contributed by atoms with Crippen molar-refractivity contribution in [3.63, 3.8) is 0 Å². The first-order valence-electron chi connectivity index (χ1n) is 3.73. The van der Waals surface area contributed by atoms with Gasteiger partial charge in [0, 0.05) is 6.42 Å². The van der Waals surface area contributed by atoms with E-state index in [0.717, 1.165) is 0 Å². The van der Waals surface area contributed by atoms with Crippen molar-refractivity contribution in [2.24, 2.45) is 0 Å². The van der Waals surface area contributed by atoms with Crippen LogP contribution in [0.5, 0.6) is 0 Å². The molecule has 1 rings (SSSR count). The minimum Gasteiger partial charge on any atom is -0.445 e. The van der Waals surface area contributed by atoms with E-state index in [0.29, 0.717) is 0 Å². The van der Waals surface area contributed by atoms with E-state index < -0.39 is 24.9 Å². The molecule has 0 saturated carbocycles. The van der Waals surface area contributed by atoms with Gasteiger partial charge in [0.2, 0.25) is 6.43 Å². The van der Waals surface area contributed by atoms with Gasteiger partial charge in [-0.15, -0.1) is 0 Å². The van der Waals surface area contributed by atoms with E-state index in [1.165, 1.54) is 4.90 Å². The lowest BCUT2D eigenvalue weighted by molar-refractivity contribution is -0.142. The van der Waals surface area contributed by atoms with Crippen LogP contribution in [0, 0.1) is 0 Å². The van der Waals surface area contributed by atoms with E-state index in [1.807, 2.05) is 0 Å². The highest BCUT2D eigenvalue weighted by molar-refractivity contribution is 5.77. The van der Waals surface area contributed by atoms with Crippen molar-refractivity contribution in [1.82, 2.24) is 4.90 Å². The van der Waals surface area contributed by atoms with Gasteiger partial charge in [-0.25, -0.2) is 8.78 Å². The number of carbonyl (C=O) groups is 1. The van der Waals surface area contributed by atoms with E-state index in [4.69, 9.17) is 4.74 Å². The number of esters is 1. The molecular weight excluding hydrogens is 168 g/mol. The maximum Gasteiger partial charge on any atom is 0.325 e. The molecule has 1 aliphatic heterocycles. The average Bonchev–Trinajstić information content (AvgIpc) is 2.16. The fraction of sp³-hybridized carbons (Fsp3) is 0.857. The Kier molecular flexibility index (Phi) is 2.62. The zero-order chi connectivity index (χ0) is 9.30. The van der Waals surface area contributed by atoms with Gasteiger partial charge in [-0.1, -0.05) is 0 Å². The van der Waals surface area contributed by atoms with Crippen LogP contribution in [0.3, 0.4) is 0 Å². The van der Waals surface area contributed by atoms with Gasteiger partial charge in [-0.05, 0) is 14.0 Å². The third kappa shape index (κ3) is 1.72. The molecule has 5 heteroatoms. The first kappa shape index (κ1) is 9.38. The van der Waals surface area contributed by atoms with Crippen LogP contribution in [0.2, 0.25) is 0 Å². The van der Waals surface area contributed by atoms with Crippen molar-refractivity contribution in [3.05, 3.63) is 0 Å². The first-order valence-corrected chi connectivity index (χ1v) is 3.73. The second-order valence-electron chi connectivity index (χ2n) is 2.84. The lowest BCUT2D eigenvalue weighted by Gasteiger charge is -2.16. The molecule has 3 nitrogen and oxygen atoms in total. The molecule has 1 fully saturated rings. The van der Waals surface area contributed by atoms with E-state index in [-0.39, 0.29) is 6.23 Å². The topological polar surface area (TPSA) is 29.5 Å². The van der Waals surface area contributed by atoms with Crippen molar-refractivity contribution < 1.29 is 18.3 Å². The molecule has 0 bridgehead atoms. The van der Waals surface area contributed by atoms with Crippen LogP contribution in [0.1, 0.15) is 13.3 Å². The van der Waals surface area contributed by atoms with Crippen LogP contribution >= 0.6 is 0 Å². The zero-order valence-electron chi connectivity index (χ0n) is 6.96. The van der Waals surface area contributed by atoms with Gasteiger partial charge in [0.1, 0.15) is 6.04 Å². The Morgan fingerprint density at radius 1 is 1.67 bits per heavy atom. The highest BCUT2D eigenvalue weighted by atomic mass is 19.3. The van der Waals surface area contributed by atoms with Crippen LogP contribution in [0.25, 0.3) is 0 Å². The molecule has 0 amide bonds. The molecule has 1 heterocycles. The maximum atomic E-state index is 11.9. The molecule has 12 heavy (non-hydrogen) atoms. The molecule has 0 N–H and O–H groups in total. The van der Waals surface area contributed by atoms with Gasteiger partial charge >= 0.3 is 5.97 Å². The Morgan fingerprint density at radius 2 is 2.25 bits per heavy atom. The van der Waals surface area contributed by atoms with Crippen molar-refractivity contribution in [3.8, 4) is 0 Å². The van der Waals surface area contributed by atoms with Gasteiger partial charge in [0.15, 0.2) is 6.23 Å². The van der Waals surface area contributed by atoms with Gasteiger partial charge in [-0.3, -0.25) is 9.69 Å². The standard InChI is InChI=1S/C7H11F2NO2/c1-4-10(2)5(3-6(8)9)7(11)12-4/h4-6H,3H2,1-2H3. The lowest BCUT2D eigenvalue weighted by Crippen LogP contribution is -2.34. The SMILES string of the molecule is CC1OC(=O)C(CC(F)F)N1C. The number of nitrogens with zero attached hydrogens (tertiary/aromatic N) is 1. The Labute approximate surface area is 69.3 Å². The number of halogens is 2. The second kappa shape index (κ2) is 3.35. The minimum atomic E-state index is -2.46. The monoisotopic (exact) mass is 179 g/mol. The molecule has 0 aromatic carbocycles. The normalized spacial score (nSPS) is 31.2. The van der Waals surface area contributed by atoms with Gasteiger partial charge in [0.05, 0.1) is 0 Å². The minimum absolute atomic E-state index is 0.388. The summed E-state index contributed by atoms with van der Waals surface area (Å²) in [6.45, 7) is 1.66. The average molecular weight is 179 g/mol. The lowest BCUT2D eigenvalue weighted by atomic mass is 10.2. The summed E-state index contributed by atoms with van der Waals surface area (Å²) >= 11 is 0. The molecule has 1 aliphatic rings. The molecular formula is C7H11F2NO2. The van der Waals surface area contributed by atoms with Crippen LogP contribution in [-0.4, -0.2) is 36.6 Å². The zero-order valence-corrected chi connectivity index (χ0v) is 6.96. The third-order valence-corrected chi connectivity index (χ3v) is 2.03. The molecule has 2 unspecified atom stereocenters. The van der Waals surface area contributed by atoms with Gasteiger partial charge in [0.25, 0.3) is 0 Å². The quantitative estimate of drug-likeness (QED) is 0.588. The maximum absolute atomic E-state index is 11.9. The number of hydrogen-bond donors (Lipinski definition) is 0. The van der Waals surface area contributed by atoms with Crippen LogP contribution in [0.4, 0.5) is 8.78 Å². The molecule has 70 valence electrons. The number of cyclic esters (lactones) is 1. The van der Waals surface area contributed by atoms with Crippen molar-refractivity contribution in [2.75, 3.05) is 7.05 Å². The molecule has 1 saturated heterocycles. The summed E-state index contributed by atoms with van der Waals surface area (Å²) in [4.78, 5) is 12.4. The smallest absolute Gasteiger partial charge is 0.325 e. The van der Waals surface area contributed by atoms with Gasteiger partial charge in [-0.2, -0.15) is 0 Å². The fourth-order valence-electron chi connectivity index (χ4n) is 1.18. The van der Waals surface area contributed by atoms with E-state index in [2.05, 4.69) is 0 Å². The summed E-state index contributed by atoms with van der Waals surface area (Å²) < 4.78 is 28.6.